The highest BCUT2D eigenvalue weighted by Gasteiger charge is 2.42. The Kier molecular flexibility index (Phi) is 11.2. The van der Waals surface area contributed by atoms with Crippen LogP contribution >= 0.6 is 0 Å². The number of ether oxygens (including phenoxy) is 2. The monoisotopic (exact) mass is 503 g/mol. The van der Waals surface area contributed by atoms with Crippen molar-refractivity contribution in [1.29, 1.82) is 0 Å². The molecule has 35 heavy (non-hydrogen) atoms. The molecular formula is C22H28F3N3O7. The Bertz CT molecular complexity index is 907. The summed E-state index contributed by atoms with van der Waals surface area (Å²) in [6.45, 7) is 4.39. The molecule has 0 aliphatic heterocycles. The number of esters is 2. The summed E-state index contributed by atoms with van der Waals surface area (Å²) in [6, 6.07) is 4.41. The lowest BCUT2D eigenvalue weighted by Crippen LogP contribution is -2.58. The van der Waals surface area contributed by atoms with Gasteiger partial charge in [0.2, 0.25) is 11.8 Å². The molecule has 3 amide bonds. The third-order valence-corrected chi connectivity index (χ3v) is 4.66. The van der Waals surface area contributed by atoms with Gasteiger partial charge in [0.1, 0.15) is 24.7 Å². The van der Waals surface area contributed by atoms with Crippen molar-refractivity contribution in [3.8, 4) is 0 Å². The zero-order valence-electron chi connectivity index (χ0n) is 19.6. The Morgan fingerprint density at radius 2 is 1.51 bits per heavy atom. The highest BCUT2D eigenvalue weighted by atomic mass is 19.4. The second-order valence-corrected chi connectivity index (χ2v) is 7.86. The van der Waals surface area contributed by atoms with Gasteiger partial charge in [0.05, 0.1) is 13.5 Å². The molecule has 0 saturated heterocycles. The van der Waals surface area contributed by atoms with Crippen LogP contribution in [0, 0.1) is 5.92 Å². The molecule has 3 atom stereocenters. The predicted molar refractivity (Wildman–Crippen MR) is 115 cm³/mol. The highest BCUT2D eigenvalue weighted by molar-refractivity contribution is 5.96. The number of hydrogen-bond acceptors (Lipinski definition) is 7. The van der Waals surface area contributed by atoms with E-state index >= 15 is 0 Å². The van der Waals surface area contributed by atoms with Gasteiger partial charge in [0.15, 0.2) is 0 Å². The van der Waals surface area contributed by atoms with Crippen molar-refractivity contribution in [3.05, 3.63) is 35.9 Å². The number of nitrogens with one attached hydrogen (secondary N) is 3. The first kappa shape index (κ1) is 29.4. The normalized spacial score (nSPS) is 13.7. The van der Waals surface area contributed by atoms with E-state index in [0.717, 1.165) is 12.7 Å². The van der Waals surface area contributed by atoms with Crippen LogP contribution in [0.2, 0.25) is 0 Å². The molecule has 0 radical (unpaired) electrons. The molecule has 1 rings (SSSR count). The Labute approximate surface area is 199 Å². The Morgan fingerprint density at radius 3 is 2.03 bits per heavy atom. The van der Waals surface area contributed by atoms with Crippen LogP contribution in [0.15, 0.2) is 30.3 Å². The Hall–Kier alpha value is -3.64. The number of halogens is 3. The summed E-state index contributed by atoms with van der Waals surface area (Å²) in [6.07, 6.45) is -6.21. The lowest BCUT2D eigenvalue weighted by atomic mass is 10.0. The van der Waals surface area contributed by atoms with E-state index in [1.807, 2.05) is 0 Å². The fourth-order valence-electron chi connectivity index (χ4n) is 2.70. The topological polar surface area (TPSA) is 140 Å². The second kappa shape index (κ2) is 13.3. The molecular weight excluding hydrogens is 475 g/mol. The average molecular weight is 503 g/mol. The number of amides is 3. The van der Waals surface area contributed by atoms with Gasteiger partial charge < -0.3 is 25.4 Å². The van der Waals surface area contributed by atoms with Crippen molar-refractivity contribution in [1.82, 2.24) is 16.0 Å². The van der Waals surface area contributed by atoms with Crippen molar-refractivity contribution in [3.63, 3.8) is 0 Å². The SMILES string of the molecule is COC(=O)C[C@H](NC(=O)C(F)(F)F)C(=O)N[C@H](C(=O)N[C@@H](C)C(=O)OCc1ccccc1)C(C)C. The largest absolute Gasteiger partial charge is 0.471 e. The van der Waals surface area contributed by atoms with Gasteiger partial charge in [-0.05, 0) is 18.4 Å². The minimum atomic E-state index is -5.31. The smallest absolute Gasteiger partial charge is 0.469 e. The standard InChI is InChI=1S/C22H28F3N3O7/c1-12(2)17(19(31)26-13(3)20(32)35-11-14-8-6-5-7-9-14)28-18(30)15(10-16(29)34-4)27-21(33)22(23,24)25/h5-9,12-13,15,17H,10-11H2,1-4H3,(H,26,31)(H,27,33)(H,28,30)/t13-,15-,17-/m0/s1. The summed E-state index contributed by atoms with van der Waals surface area (Å²) in [5.41, 5.74) is 0.726. The first-order valence-electron chi connectivity index (χ1n) is 10.5. The zero-order chi connectivity index (χ0) is 26.8. The molecule has 0 unspecified atom stereocenters. The molecule has 0 bridgehead atoms. The molecule has 10 nitrogen and oxygen atoms in total. The highest BCUT2D eigenvalue weighted by Crippen LogP contribution is 2.15. The van der Waals surface area contributed by atoms with E-state index < -0.39 is 66.3 Å². The van der Waals surface area contributed by atoms with E-state index in [9.17, 15) is 37.1 Å². The van der Waals surface area contributed by atoms with Gasteiger partial charge in [0, 0.05) is 0 Å². The number of carbonyl (C=O) groups is 5. The average Bonchev–Trinajstić information content (AvgIpc) is 2.79. The van der Waals surface area contributed by atoms with Crippen LogP contribution in [0.3, 0.4) is 0 Å². The Balaban J connectivity index is 2.84. The van der Waals surface area contributed by atoms with Crippen molar-refractivity contribution >= 4 is 29.7 Å². The van der Waals surface area contributed by atoms with E-state index in [0.29, 0.717) is 0 Å². The number of alkyl halides is 3. The van der Waals surface area contributed by atoms with E-state index in [1.54, 1.807) is 30.3 Å². The van der Waals surface area contributed by atoms with Gasteiger partial charge in [-0.25, -0.2) is 4.79 Å². The van der Waals surface area contributed by atoms with Crippen LogP contribution < -0.4 is 16.0 Å². The molecule has 0 aliphatic rings. The van der Waals surface area contributed by atoms with Crippen LogP contribution in [-0.2, 0) is 40.1 Å². The third-order valence-electron chi connectivity index (χ3n) is 4.66. The van der Waals surface area contributed by atoms with Gasteiger partial charge in [-0.1, -0.05) is 44.2 Å². The number of rotatable bonds is 11. The van der Waals surface area contributed by atoms with Gasteiger partial charge in [-0.3, -0.25) is 19.2 Å². The van der Waals surface area contributed by atoms with Crippen LogP contribution in [0.4, 0.5) is 13.2 Å². The van der Waals surface area contributed by atoms with Gasteiger partial charge in [0.25, 0.3) is 0 Å². The van der Waals surface area contributed by atoms with Crippen LogP contribution in [0.1, 0.15) is 32.8 Å². The molecule has 0 fully saturated rings. The molecule has 0 aliphatic carbocycles. The lowest BCUT2D eigenvalue weighted by molar-refractivity contribution is -0.175. The third kappa shape index (κ3) is 10.0. The number of hydrogen-bond donors (Lipinski definition) is 3. The summed E-state index contributed by atoms with van der Waals surface area (Å²) in [7, 11) is 0.950. The van der Waals surface area contributed by atoms with Crippen LogP contribution in [0.25, 0.3) is 0 Å². The summed E-state index contributed by atoms with van der Waals surface area (Å²) in [5, 5.41) is 6.00. The molecule has 0 saturated carbocycles. The van der Waals surface area contributed by atoms with E-state index in [4.69, 9.17) is 4.74 Å². The van der Waals surface area contributed by atoms with Crippen molar-refractivity contribution in [2.75, 3.05) is 7.11 Å². The first-order valence-corrected chi connectivity index (χ1v) is 10.5. The van der Waals surface area contributed by atoms with E-state index in [1.165, 1.54) is 26.1 Å². The van der Waals surface area contributed by atoms with Gasteiger partial charge in [-0.15, -0.1) is 0 Å². The molecule has 0 heterocycles. The predicted octanol–water partition coefficient (Wildman–Crippen LogP) is 0.986. The molecule has 0 aromatic heterocycles. The maximum Gasteiger partial charge on any atom is 0.471 e. The Morgan fingerprint density at radius 1 is 0.914 bits per heavy atom. The molecule has 3 N–H and O–H groups in total. The van der Waals surface area contributed by atoms with Crippen LogP contribution in [0.5, 0.6) is 0 Å². The van der Waals surface area contributed by atoms with Crippen molar-refractivity contribution < 1.29 is 46.6 Å². The van der Waals surface area contributed by atoms with Crippen molar-refractivity contribution in [2.45, 2.75) is 58.1 Å². The minimum Gasteiger partial charge on any atom is -0.469 e. The van der Waals surface area contributed by atoms with Crippen LogP contribution in [-0.4, -0.2) is 61.1 Å². The van der Waals surface area contributed by atoms with E-state index in [2.05, 4.69) is 15.4 Å². The van der Waals surface area contributed by atoms with E-state index in [-0.39, 0.29) is 6.61 Å². The quantitative estimate of drug-likeness (QED) is 0.383. The number of carbonyl (C=O) groups excluding carboxylic acids is 5. The fourth-order valence-corrected chi connectivity index (χ4v) is 2.70. The zero-order valence-corrected chi connectivity index (χ0v) is 19.6. The van der Waals surface area contributed by atoms with Gasteiger partial charge in [-0.2, -0.15) is 13.2 Å². The molecule has 0 spiro atoms. The first-order chi connectivity index (χ1) is 16.3. The second-order valence-electron chi connectivity index (χ2n) is 7.86. The van der Waals surface area contributed by atoms with Crippen molar-refractivity contribution in [2.24, 2.45) is 5.92 Å². The number of benzene rings is 1. The molecule has 1 aromatic carbocycles. The number of methoxy groups -OCH3 is 1. The molecule has 13 heteroatoms. The maximum atomic E-state index is 12.7. The summed E-state index contributed by atoms with van der Waals surface area (Å²) < 4.78 is 47.4. The maximum absolute atomic E-state index is 12.7. The lowest BCUT2D eigenvalue weighted by Gasteiger charge is -2.26. The van der Waals surface area contributed by atoms with Gasteiger partial charge >= 0.3 is 24.0 Å². The summed E-state index contributed by atoms with van der Waals surface area (Å²) in [4.78, 5) is 60.3. The fraction of sp³-hybridized carbons (Fsp3) is 0.500. The minimum absolute atomic E-state index is 0.0294. The summed E-state index contributed by atoms with van der Waals surface area (Å²) in [5.74, 6) is -6.88. The summed E-state index contributed by atoms with van der Waals surface area (Å²) >= 11 is 0. The molecule has 194 valence electrons. The molecule has 1 aromatic rings.